The highest BCUT2D eigenvalue weighted by atomic mass is 16.3. The van der Waals surface area contributed by atoms with Gasteiger partial charge in [0.15, 0.2) is 0 Å². The van der Waals surface area contributed by atoms with Crippen LogP contribution >= 0.6 is 0 Å². The number of nitrogens with two attached hydrogens (primary N) is 1. The van der Waals surface area contributed by atoms with Gasteiger partial charge in [-0.05, 0) is 47.4 Å². The van der Waals surface area contributed by atoms with E-state index in [0.29, 0.717) is 23.2 Å². The van der Waals surface area contributed by atoms with Gasteiger partial charge in [0.1, 0.15) is 23.2 Å². The first-order chi connectivity index (χ1) is 10.9. The van der Waals surface area contributed by atoms with Gasteiger partial charge in [0, 0.05) is 11.5 Å². The molecule has 4 heteroatoms. The third-order valence-corrected chi connectivity index (χ3v) is 5.86. The predicted molar refractivity (Wildman–Crippen MR) is 88.8 cm³/mol. The van der Waals surface area contributed by atoms with Gasteiger partial charge in [0.2, 0.25) is 0 Å². The van der Waals surface area contributed by atoms with Crippen LogP contribution in [-0.4, -0.2) is 10.1 Å². The molecule has 1 aromatic heterocycles. The van der Waals surface area contributed by atoms with E-state index in [4.69, 9.17) is 5.73 Å². The van der Waals surface area contributed by atoms with Crippen molar-refractivity contribution in [1.29, 1.82) is 5.26 Å². The monoisotopic (exact) mass is 305 g/mol. The second kappa shape index (κ2) is 4.48. The fraction of sp³-hybridized carbons (Fsp3) is 0.368. The average Bonchev–Trinajstić information content (AvgIpc) is 2.52. The van der Waals surface area contributed by atoms with Crippen LogP contribution in [0.4, 0.5) is 5.82 Å². The number of hydrogen-bond acceptors (Lipinski definition) is 4. The Bertz CT molecular complexity index is 864. The lowest BCUT2D eigenvalue weighted by Crippen LogP contribution is -2.48. The minimum Gasteiger partial charge on any atom is -0.508 e. The number of nitrogens with zero attached hydrogens (tertiary/aromatic N) is 2. The molecule has 1 heterocycles. The zero-order valence-electron chi connectivity index (χ0n) is 13.3. The number of benzene rings is 1. The van der Waals surface area contributed by atoms with Gasteiger partial charge in [0.25, 0.3) is 0 Å². The third-order valence-electron chi connectivity index (χ3n) is 5.86. The summed E-state index contributed by atoms with van der Waals surface area (Å²) in [7, 11) is 0. The van der Waals surface area contributed by atoms with E-state index >= 15 is 0 Å². The molecule has 2 atom stereocenters. The van der Waals surface area contributed by atoms with Gasteiger partial charge in [-0.2, -0.15) is 5.26 Å². The van der Waals surface area contributed by atoms with Gasteiger partial charge in [-0.3, -0.25) is 0 Å². The van der Waals surface area contributed by atoms with Crippen molar-refractivity contribution in [2.45, 2.75) is 32.6 Å². The number of hydrogen-bond donors (Lipinski definition) is 2. The maximum Gasteiger partial charge on any atom is 0.142 e. The van der Waals surface area contributed by atoms with Crippen LogP contribution in [0.5, 0.6) is 5.75 Å². The Hall–Kier alpha value is -2.54. The second-order valence-electron chi connectivity index (χ2n) is 7.28. The van der Waals surface area contributed by atoms with Crippen LogP contribution in [0, 0.1) is 22.7 Å². The summed E-state index contributed by atoms with van der Waals surface area (Å²) >= 11 is 0. The number of aromatic hydroxyl groups is 1. The van der Waals surface area contributed by atoms with Crippen molar-refractivity contribution in [1.82, 2.24) is 4.98 Å². The van der Waals surface area contributed by atoms with E-state index in [-0.39, 0.29) is 11.2 Å². The van der Waals surface area contributed by atoms with Crippen LogP contribution < -0.4 is 5.73 Å². The van der Waals surface area contributed by atoms with Crippen molar-refractivity contribution in [3.63, 3.8) is 0 Å². The molecule has 2 aromatic rings. The molecule has 1 aromatic carbocycles. The van der Waals surface area contributed by atoms with Crippen LogP contribution in [0.3, 0.4) is 0 Å². The minimum atomic E-state index is 0.192. The lowest BCUT2D eigenvalue weighted by Gasteiger charge is -2.56. The number of aromatic nitrogens is 1. The summed E-state index contributed by atoms with van der Waals surface area (Å²) in [5, 5.41) is 19.4. The Morgan fingerprint density at radius 3 is 2.83 bits per heavy atom. The zero-order chi connectivity index (χ0) is 16.4. The van der Waals surface area contributed by atoms with Gasteiger partial charge in [-0.1, -0.05) is 26.0 Å². The number of rotatable bonds is 1. The van der Waals surface area contributed by atoms with Crippen LogP contribution in [0.25, 0.3) is 11.1 Å². The van der Waals surface area contributed by atoms with Gasteiger partial charge >= 0.3 is 0 Å². The molecule has 0 unspecified atom stereocenters. The number of pyridine rings is 1. The van der Waals surface area contributed by atoms with Gasteiger partial charge in [-0.25, -0.2) is 4.98 Å². The Morgan fingerprint density at radius 1 is 1.39 bits per heavy atom. The third kappa shape index (κ3) is 1.80. The minimum absolute atomic E-state index is 0.192. The number of nitriles is 1. The molecule has 3 N–H and O–H groups in total. The van der Waals surface area contributed by atoms with Crippen LogP contribution in [-0.2, 0) is 6.42 Å². The molecule has 1 fully saturated rings. The lowest BCUT2D eigenvalue weighted by molar-refractivity contribution is 0.0158. The molecule has 2 bridgehead atoms. The first-order valence-electron chi connectivity index (χ1n) is 7.95. The Kier molecular flexibility index (Phi) is 2.74. The quantitative estimate of drug-likeness (QED) is 0.843. The fourth-order valence-electron chi connectivity index (χ4n) is 4.32. The van der Waals surface area contributed by atoms with Crippen molar-refractivity contribution >= 4 is 5.82 Å². The summed E-state index contributed by atoms with van der Waals surface area (Å²) in [6.45, 7) is 4.58. The first-order valence-corrected chi connectivity index (χ1v) is 7.95. The molecule has 0 saturated heterocycles. The number of nitrogen functional groups attached to an aromatic ring is 1. The standard InChI is InChI=1S/C19H19N3O/c1-19(2)11-7-13-16(10-4-3-5-12(23)6-10)14(9-20)18(21)22-17(13)15(19)8-11/h3-6,11,15,23H,7-8H2,1-2H3,(H2,21,22)/t11-,15-/m0/s1. The van der Waals surface area contributed by atoms with Gasteiger partial charge in [-0.15, -0.1) is 0 Å². The molecule has 0 radical (unpaired) electrons. The van der Waals surface area contributed by atoms with E-state index in [1.807, 2.05) is 6.07 Å². The molecule has 3 aliphatic carbocycles. The van der Waals surface area contributed by atoms with Crippen molar-refractivity contribution in [3.05, 3.63) is 41.1 Å². The normalized spacial score (nSPS) is 23.5. The molecular weight excluding hydrogens is 286 g/mol. The van der Waals surface area contributed by atoms with Crippen molar-refractivity contribution in [3.8, 4) is 22.9 Å². The largest absolute Gasteiger partial charge is 0.508 e. The highest BCUT2D eigenvalue weighted by Crippen LogP contribution is 2.63. The molecular formula is C19H19N3O. The smallest absolute Gasteiger partial charge is 0.142 e. The molecule has 5 rings (SSSR count). The molecule has 1 saturated carbocycles. The Morgan fingerprint density at radius 2 is 2.17 bits per heavy atom. The highest BCUT2D eigenvalue weighted by Gasteiger charge is 2.54. The maximum absolute atomic E-state index is 9.83. The van der Waals surface area contributed by atoms with Crippen molar-refractivity contribution < 1.29 is 5.11 Å². The predicted octanol–water partition coefficient (Wildman–Crippen LogP) is 3.59. The van der Waals surface area contributed by atoms with Gasteiger partial charge in [0.05, 0.1) is 5.69 Å². The van der Waals surface area contributed by atoms with Crippen LogP contribution in [0.1, 0.15) is 43.0 Å². The first kappa shape index (κ1) is 14.1. The van der Waals surface area contributed by atoms with Crippen LogP contribution in [0.15, 0.2) is 24.3 Å². The summed E-state index contributed by atoms with van der Waals surface area (Å²) in [5.41, 5.74) is 10.7. The molecule has 0 spiro atoms. The SMILES string of the molecule is CC1(C)[C@H]2Cc3c(nc(N)c(C#N)c3-c3cccc(O)c3)[C@@H]1C2. The molecule has 4 nitrogen and oxygen atoms in total. The maximum atomic E-state index is 9.83. The summed E-state index contributed by atoms with van der Waals surface area (Å²) in [6, 6.07) is 9.25. The van der Waals surface area contributed by atoms with Crippen molar-refractivity contribution in [2.24, 2.45) is 11.3 Å². The fourth-order valence-corrected chi connectivity index (χ4v) is 4.32. The molecule has 0 aliphatic heterocycles. The van der Waals surface area contributed by atoms with Crippen LogP contribution in [0.2, 0.25) is 0 Å². The molecule has 3 aliphatic rings. The summed E-state index contributed by atoms with van der Waals surface area (Å²) in [6.07, 6.45) is 2.07. The summed E-state index contributed by atoms with van der Waals surface area (Å²) in [4.78, 5) is 4.60. The molecule has 116 valence electrons. The van der Waals surface area contributed by atoms with E-state index < -0.39 is 0 Å². The van der Waals surface area contributed by atoms with Crippen molar-refractivity contribution in [2.75, 3.05) is 5.73 Å². The lowest BCUT2D eigenvalue weighted by atomic mass is 9.48. The Labute approximate surface area is 135 Å². The van der Waals surface area contributed by atoms with Gasteiger partial charge < -0.3 is 10.8 Å². The molecule has 0 amide bonds. The van der Waals surface area contributed by atoms with E-state index in [0.717, 1.165) is 35.2 Å². The topological polar surface area (TPSA) is 82.9 Å². The number of phenols is 1. The van der Waals surface area contributed by atoms with E-state index in [9.17, 15) is 10.4 Å². The summed E-state index contributed by atoms with van der Waals surface area (Å²) in [5.74, 6) is 1.51. The summed E-state index contributed by atoms with van der Waals surface area (Å²) < 4.78 is 0. The van der Waals surface area contributed by atoms with E-state index in [1.165, 1.54) is 0 Å². The number of phenolic OH excluding ortho intramolecular Hbond substituents is 1. The Balaban J connectivity index is 2.01. The van der Waals surface area contributed by atoms with E-state index in [1.54, 1.807) is 18.2 Å². The number of anilines is 1. The second-order valence-corrected chi connectivity index (χ2v) is 7.28. The average molecular weight is 305 g/mol. The van der Waals surface area contributed by atoms with E-state index in [2.05, 4.69) is 24.9 Å². The zero-order valence-corrected chi connectivity index (χ0v) is 13.3. The highest BCUT2D eigenvalue weighted by molar-refractivity contribution is 5.80. The molecule has 23 heavy (non-hydrogen) atoms.